The fourth-order valence-corrected chi connectivity index (χ4v) is 4.67. The predicted octanol–water partition coefficient (Wildman–Crippen LogP) is 2.78. The fraction of sp³-hybridized carbons (Fsp3) is 0.333. The van der Waals surface area contributed by atoms with Gasteiger partial charge in [0.25, 0.3) is 0 Å². The minimum absolute atomic E-state index is 0.0337. The second-order valence-corrected chi connectivity index (χ2v) is 9.31. The van der Waals surface area contributed by atoms with Gasteiger partial charge in [-0.25, -0.2) is 28.7 Å². The second-order valence-electron chi connectivity index (χ2n) is 9.31. The van der Waals surface area contributed by atoms with Crippen LogP contribution in [0.4, 0.5) is 16.2 Å². The number of methoxy groups -OCH3 is 1. The van der Waals surface area contributed by atoms with Crippen LogP contribution in [0.25, 0.3) is 16.8 Å². The molecular formula is C27H28FN9O2. The van der Waals surface area contributed by atoms with Gasteiger partial charge < -0.3 is 14.5 Å². The minimum atomic E-state index is -0.604. The number of piperazine rings is 1. The third-order valence-corrected chi connectivity index (χ3v) is 6.79. The van der Waals surface area contributed by atoms with Crippen LogP contribution in [0, 0.1) is 17.1 Å². The third kappa shape index (κ3) is 5.08. The number of ether oxygens (including phenoxy) is 1. The highest BCUT2D eigenvalue weighted by Gasteiger charge is 2.28. The van der Waals surface area contributed by atoms with Gasteiger partial charge in [-0.15, -0.1) is 0 Å². The quantitative estimate of drug-likeness (QED) is 0.356. The summed E-state index contributed by atoms with van der Waals surface area (Å²) in [5.41, 5.74) is 2.18. The fourth-order valence-electron chi connectivity index (χ4n) is 4.67. The molecule has 5 rings (SSSR count). The largest absolute Gasteiger partial charge is 0.362 e. The SMILES string of the molecule is CCc1cnc(N2CCN(c3ncc(-c4ccc(-n5cnn(COC)c5=O)c(F)c4)cc3C#N)C(C)C2)nc1. The molecule has 1 aliphatic heterocycles. The van der Waals surface area contributed by atoms with E-state index in [9.17, 15) is 10.1 Å². The van der Waals surface area contributed by atoms with E-state index in [1.807, 2.05) is 12.4 Å². The van der Waals surface area contributed by atoms with Crippen LogP contribution in [0.2, 0.25) is 0 Å². The van der Waals surface area contributed by atoms with Crippen molar-refractivity contribution < 1.29 is 9.13 Å². The molecule has 0 aliphatic carbocycles. The Kier molecular flexibility index (Phi) is 7.33. The molecule has 1 atom stereocenters. The highest BCUT2D eigenvalue weighted by atomic mass is 19.1. The lowest BCUT2D eigenvalue weighted by molar-refractivity contribution is 0.117. The Morgan fingerprint density at radius 3 is 2.59 bits per heavy atom. The molecule has 0 amide bonds. The molecule has 0 bridgehead atoms. The van der Waals surface area contributed by atoms with Crippen molar-refractivity contribution >= 4 is 11.8 Å². The van der Waals surface area contributed by atoms with E-state index >= 15 is 4.39 Å². The third-order valence-electron chi connectivity index (χ3n) is 6.79. The van der Waals surface area contributed by atoms with Gasteiger partial charge in [-0.05, 0) is 42.7 Å². The first kappa shape index (κ1) is 26.0. The van der Waals surface area contributed by atoms with Crippen molar-refractivity contribution in [2.75, 3.05) is 36.5 Å². The van der Waals surface area contributed by atoms with Crippen LogP contribution in [-0.4, -0.2) is 62.1 Å². The van der Waals surface area contributed by atoms with E-state index in [2.05, 4.69) is 49.8 Å². The molecule has 4 heterocycles. The maximum atomic E-state index is 15.1. The van der Waals surface area contributed by atoms with Gasteiger partial charge in [-0.1, -0.05) is 13.0 Å². The molecule has 1 aliphatic rings. The highest BCUT2D eigenvalue weighted by molar-refractivity contribution is 5.69. The van der Waals surface area contributed by atoms with Crippen molar-refractivity contribution in [2.45, 2.75) is 33.0 Å². The van der Waals surface area contributed by atoms with Crippen molar-refractivity contribution in [1.29, 1.82) is 5.26 Å². The van der Waals surface area contributed by atoms with E-state index in [0.717, 1.165) is 21.2 Å². The van der Waals surface area contributed by atoms with E-state index in [-0.39, 0.29) is 18.5 Å². The summed E-state index contributed by atoms with van der Waals surface area (Å²) in [6.45, 7) is 6.14. The Morgan fingerprint density at radius 2 is 1.92 bits per heavy atom. The lowest BCUT2D eigenvalue weighted by Crippen LogP contribution is -2.53. The molecule has 1 unspecified atom stereocenters. The Labute approximate surface area is 224 Å². The van der Waals surface area contributed by atoms with Crippen LogP contribution in [0.5, 0.6) is 0 Å². The molecule has 0 saturated carbocycles. The van der Waals surface area contributed by atoms with Gasteiger partial charge in [-0.2, -0.15) is 15.0 Å². The highest BCUT2D eigenvalue weighted by Crippen LogP contribution is 2.29. The zero-order valence-corrected chi connectivity index (χ0v) is 22.0. The predicted molar refractivity (Wildman–Crippen MR) is 143 cm³/mol. The van der Waals surface area contributed by atoms with Crippen molar-refractivity contribution in [3.63, 3.8) is 0 Å². The van der Waals surface area contributed by atoms with E-state index in [0.29, 0.717) is 48.1 Å². The van der Waals surface area contributed by atoms with E-state index in [1.165, 1.54) is 25.6 Å². The summed E-state index contributed by atoms with van der Waals surface area (Å²) < 4.78 is 22.2. The molecule has 1 fully saturated rings. The second kappa shape index (κ2) is 11.0. The van der Waals surface area contributed by atoms with Gasteiger partial charge >= 0.3 is 5.69 Å². The molecule has 0 N–H and O–H groups in total. The van der Waals surface area contributed by atoms with Crippen LogP contribution >= 0.6 is 0 Å². The number of hydrogen-bond acceptors (Lipinski definition) is 9. The topological polar surface area (TPSA) is 118 Å². The Balaban J connectivity index is 1.36. The number of hydrogen-bond donors (Lipinski definition) is 0. The normalized spacial score (nSPS) is 15.4. The molecule has 200 valence electrons. The summed E-state index contributed by atoms with van der Waals surface area (Å²) in [5, 5.41) is 13.9. The summed E-state index contributed by atoms with van der Waals surface area (Å²) in [6.07, 6.45) is 7.49. The van der Waals surface area contributed by atoms with Crippen LogP contribution in [-0.2, 0) is 17.9 Å². The molecule has 1 aromatic carbocycles. The van der Waals surface area contributed by atoms with E-state index < -0.39 is 11.5 Å². The molecule has 1 saturated heterocycles. The maximum Gasteiger partial charge on any atom is 0.352 e. The van der Waals surface area contributed by atoms with Gasteiger partial charge in [0, 0.05) is 56.9 Å². The number of benzene rings is 1. The van der Waals surface area contributed by atoms with Gasteiger partial charge in [-0.3, -0.25) is 0 Å². The van der Waals surface area contributed by atoms with Gasteiger partial charge in [0.2, 0.25) is 5.95 Å². The molecule has 39 heavy (non-hydrogen) atoms. The molecule has 11 nitrogen and oxygen atoms in total. The average Bonchev–Trinajstić information content (AvgIpc) is 3.32. The summed E-state index contributed by atoms with van der Waals surface area (Å²) in [5.74, 6) is 0.680. The summed E-state index contributed by atoms with van der Waals surface area (Å²) in [6, 6.07) is 8.53. The number of aromatic nitrogens is 6. The molecule has 4 aromatic rings. The van der Waals surface area contributed by atoms with Crippen molar-refractivity contribution in [2.24, 2.45) is 0 Å². The number of anilines is 2. The number of aryl methyl sites for hydroxylation is 1. The Hall–Kier alpha value is -4.63. The number of pyridine rings is 1. The molecular weight excluding hydrogens is 501 g/mol. The number of nitrogens with zero attached hydrogens (tertiary/aromatic N) is 9. The first-order valence-corrected chi connectivity index (χ1v) is 12.6. The Bertz CT molecular complexity index is 1580. The first-order chi connectivity index (χ1) is 18.9. The van der Waals surface area contributed by atoms with Crippen molar-refractivity contribution in [3.05, 3.63) is 76.6 Å². The van der Waals surface area contributed by atoms with Crippen LogP contribution in [0.15, 0.2) is 54.0 Å². The van der Waals surface area contributed by atoms with Gasteiger partial charge in [0.1, 0.15) is 30.8 Å². The van der Waals surface area contributed by atoms with Crippen LogP contribution in [0.1, 0.15) is 25.0 Å². The molecule has 12 heteroatoms. The zero-order chi connectivity index (χ0) is 27.5. The van der Waals surface area contributed by atoms with Gasteiger partial charge in [0.15, 0.2) is 0 Å². The smallest absolute Gasteiger partial charge is 0.352 e. The van der Waals surface area contributed by atoms with Crippen molar-refractivity contribution in [3.8, 4) is 22.9 Å². The van der Waals surface area contributed by atoms with Crippen molar-refractivity contribution in [1.82, 2.24) is 29.3 Å². The Morgan fingerprint density at radius 1 is 1.13 bits per heavy atom. The standard InChI is InChI=1S/C27H28FN9O2/c1-4-19-12-31-26(32-13-19)34-7-8-35(18(2)15-34)25-21(11-29)9-22(14-30-25)20-5-6-24(23(28)10-20)36-16-33-37(17-39-3)27(36)38/h5-6,9-10,12-14,16,18H,4,7-8,15,17H2,1-3H3. The maximum absolute atomic E-state index is 15.1. The van der Waals surface area contributed by atoms with Crippen LogP contribution < -0.4 is 15.5 Å². The van der Waals surface area contributed by atoms with E-state index in [4.69, 9.17) is 4.74 Å². The van der Waals surface area contributed by atoms with Gasteiger partial charge in [0.05, 0.1) is 11.3 Å². The van der Waals surface area contributed by atoms with E-state index in [1.54, 1.807) is 18.3 Å². The molecule has 0 radical (unpaired) electrons. The summed E-state index contributed by atoms with van der Waals surface area (Å²) in [4.78, 5) is 30.3. The number of nitriles is 1. The minimum Gasteiger partial charge on any atom is -0.362 e. The monoisotopic (exact) mass is 529 g/mol. The first-order valence-electron chi connectivity index (χ1n) is 12.6. The number of rotatable bonds is 7. The van der Waals surface area contributed by atoms with Crippen LogP contribution in [0.3, 0.4) is 0 Å². The zero-order valence-electron chi connectivity index (χ0n) is 22.0. The summed E-state index contributed by atoms with van der Waals surface area (Å²) in [7, 11) is 1.44. The molecule has 3 aromatic heterocycles. The number of halogens is 1. The lowest BCUT2D eigenvalue weighted by atomic mass is 10.0. The average molecular weight is 530 g/mol. The summed E-state index contributed by atoms with van der Waals surface area (Å²) >= 11 is 0. The molecule has 0 spiro atoms. The lowest BCUT2D eigenvalue weighted by Gasteiger charge is -2.40.